The summed E-state index contributed by atoms with van der Waals surface area (Å²) in [5, 5.41) is 21.7. The van der Waals surface area contributed by atoms with Crippen molar-refractivity contribution in [1.82, 2.24) is 20.4 Å². The molecule has 2 saturated heterocycles. The molecule has 0 radical (unpaired) electrons. The summed E-state index contributed by atoms with van der Waals surface area (Å²) < 4.78 is 1.85. The van der Waals surface area contributed by atoms with Crippen LogP contribution in [0, 0.1) is 0 Å². The zero-order valence-corrected chi connectivity index (χ0v) is 16.1. The molecule has 3 N–H and O–H groups in total. The lowest BCUT2D eigenvalue weighted by molar-refractivity contribution is 0.0778. The highest BCUT2D eigenvalue weighted by Gasteiger charge is 2.31. The van der Waals surface area contributed by atoms with Crippen LogP contribution in [-0.4, -0.2) is 70.2 Å². The Bertz CT molecular complexity index is 583. The standard InChI is InChI=1S/C17H30N6OS/c1-3-18-16(19-12-17(24)6-8-25-13-17)21-14-5-4-7-23(10-14)15-9-20-22(2)11-15/h9,11,14,24H,3-8,10,12-13H2,1-2H3,(H2,18,19,21). The second-order valence-electron chi connectivity index (χ2n) is 7.02. The molecule has 3 heterocycles. The molecule has 2 aliphatic rings. The summed E-state index contributed by atoms with van der Waals surface area (Å²) in [6.07, 6.45) is 7.09. The number of rotatable bonds is 5. The van der Waals surface area contributed by atoms with Crippen LogP contribution >= 0.6 is 11.8 Å². The van der Waals surface area contributed by atoms with Crippen molar-refractivity contribution in [3.05, 3.63) is 12.4 Å². The predicted molar refractivity (Wildman–Crippen MR) is 104 cm³/mol. The van der Waals surface area contributed by atoms with Gasteiger partial charge >= 0.3 is 0 Å². The summed E-state index contributed by atoms with van der Waals surface area (Å²) in [6.45, 7) is 5.36. The van der Waals surface area contributed by atoms with Crippen molar-refractivity contribution in [1.29, 1.82) is 0 Å². The third-order valence-corrected chi connectivity index (χ3v) is 6.01. The first-order chi connectivity index (χ1) is 12.1. The summed E-state index contributed by atoms with van der Waals surface area (Å²) in [6, 6.07) is 0.347. The molecule has 0 amide bonds. The van der Waals surface area contributed by atoms with E-state index in [2.05, 4.69) is 38.7 Å². The molecule has 2 unspecified atom stereocenters. The molecule has 25 heavy (non-hydrogen) atoms. The van der Waals surface area contributed by atoms with E-state index >= 15 is 0 Å². The lowest BCUT2D eigenvalue weighted by Crippen LogP contribution is -2.51. The maximum absolute atomic E-state index is 10.5. The minimum atomic E-state index is -0.638. The normalized spacial score (nSPS) is 27.6. The number of hydrogen-bond acceptors (Lipinski definition) is 5. The molecule has 2 aliphatic heterocycles. The molecule has 0 aromatic carbocycles. The lowest BCUT2D eigenvalue weighted by atomic mass is 10.0. The number of aliphatic imine (C=N–C) groups is 1. The molecular weight excluding hydrogens is 336 g/mol. The van der Waals surface area contributed by atoms with E-state index in [1.54, 1.807) is 11.8 Å². The number of thioether (sulfide) groups is 1. The Hall–Kier alpha value is -1.41. The molecule has 2 atom stereocenters. The Kier molecular flexibility index (Phi) is 6.11. The summed E-state index contributed by atoms with van der Waals surface area (Å²) in [7, 11) is 1.95. The minimum absolute atomic E-state index is 0.347. The number of anilines is 1. The van der Waals surface area contributed by atoms with Gasteiger partial charge in [0.15, 0.2) is 5.96 Å². The summed E-state index contributed by atoms with van der Waals surface area (Å²) in [5.74, 6) is 2.62. The van der Waals surface area contributed by atoms with E-state index in [1.807, 2.05) is 17.9 Å². The van der Waals surface area contributed by atoms with Gasteiger partial charge < -0.3 is 20.6 Å². The van der Waals surface area contributed by atoms with Gasteiger partial charge in [0, 0.05) is 44.7 Å². The fraction of sp³-hybridized carbons (Fsp3) is 0.765. The highest BCUT2D eigenvalue weighted by Crippen LogP contribution is 2.27. The maximum atomic E-state index is 10.5. The zero-order chi connectivity index (χ0) is 17.7. The van der Waals surface area contributed by atoms with Gasteiger partial charge in [-0.15, -0.1) is 0 Å². The van der Waals surface area contributed by atoms with Crippen LogP contribution in [0.1, 0.15) is 26.2 Å². The van der Waals surface area contributed by atoms with Crippen molar-refractivity contribution in [2.75, 3.05) is 42.6 Å². The fourth-order valence-corrected chi connectivity index (χ4v) is 4.65. The van der Waals surface area contributed by atoms with Gasteiger partial charge in [0.05, 0.1) is 24.0 Å². The van der Waals surface area contributed by atoms with Crippen LogP contribution in [0.3, 0.4) is 0 Å². The van der Waals surface area contributed by atoms with Gasteiger partial charge in [0.25, 0.3) is 0 Å². The Morgan fingerprint density at radius 3 is 3.12 bits per heavy atom. The van der Waals surface area contributed by atoms with E-state index in [9.17, 15) is 5.11 Å². The van der Waals surface area contributed by atoms with Crippen molar-refractivity contribution in [2.24, 2.45) is 12.0 Å². The smallest absolute Gasteiger partial charge is 0.191 e. The Balaban J connectivity index is 1.59. The molecule has 3 rings (SSSR count). The third kappa shape index (κ3) is 5.04. The van der Waals surface area contributed by atoms with Crippen LogP contribution in [0.5, 0.6) is 0 Å². The van der Waals surface area contributed by atoms with E-state index < -0.39 is 5.60 Å². The maximum Gasteiger partial charge on any atom is 0.191 e. The van der Waals surface area contributed by atoms with Crippen molar-refractivity contribution in [3.8, 4) is 0 Å². The van der Waals surface area contributed by atoms with Crippen LogP contribution in [-0.2, 0) is 7.05 Å². The first-order valence-electron chi connectivity index (χ1n) is 9.16. The highest BCUT2D eigenvalue weighted by atomic mass is 32.2. The lowest BCUT2D eigenvalue weighted by Gasteiger charge is -2.34. The summed E-state index contributed by atoms with van der Waals surface area (Å²) in [4.78, 5) is 7.03. The van der Waals surface area contributed by atoms with Gasteiger partial charge in [-0.25, -0.2) is 0 Å². The number of nitrogens with zero attached hydrogens (tertiary/aromatic N) is 4. The topological polar surface area (TPSA) is 77.7 Å². The Morgan fingerprint density at radius 2 is 2.44 bits per heavy atom. The van der Waals surface area contributed by atoms with Gasteiger partial charge in [0.2, 0.25) is 0 Å². The van der Waals surface area contributed by atoms with Crippen molar-refractivity contribution < 1.29 is 5.11 Å². The number of aryl methyl sites for hydroxylation is 1. The average Bonchev–Trinajstić information content (AvgIpc) is 3.22. The average molecular weight is 367 g/mol. The molecule has 0 spiro atoms. The van der Waals surface area contributed by atoms with Crippen LogP contribution in [0.2, 0.25) is 0 Å². The fourth-order valence-electron chi connectivity index (χ4n) is 3.36. The third-order valence-electron chi connectivity index (χ3n) is 4.78. The van der Waals surface area contributed by atoms with E-state index in [0.29, 0.717) is 12.6 Å². The number of nitrogens with one attached hydrogen (secondary N) is 2. The SMILES string of the molecule is CCNC(=NCC1(O)CCSC1)NC1CCCN(c2cnn(C)c2)C1. The second-order valence-corrected chi connectivity index (χ2v) is 8.13. The van der Waals surface area contributed by atoms with Crippen molar-refractivity contribution >= 4 is 23.4 Å². The zero-order valence-electron chi connectivity index (χ0n) is 15.2. The Labute approximate surface area is 154 Å². The van der Waals surface area contributed by atoms with Gasteiger partial charge in [-0.05, 0) is 31.9 Å². The van der Waals surface area contributed by atoms with E-state index in [-0.39, 0.29) is 0 Å². The van der Waals surface area contributed by atoms with E-state index in [0.717, 1.165) is 56.4 Å². The molecule has 0 bridgehead atoms. The molecular formula is C17H30N6OS. The number of aromatic nitrogens is 2. The van der Waals surface area contributed by atoms with Crippen LogP contribution in [0.4, 0.5) is 5.69 Å². The van der Waals surface area contributed by atoms with Crippen molar-refractivity contribution in [3.63, 3.8) is 0 Å². The predicted octanol–water partition coefficient (Wildman–Crippen LogP) is 0.812. The number of piperidine rings is 1. The van der Waals surface area contributed by atoms with Crippen LogP contribution in [0.15, 0.2) is 17.4 Å². The van der Waals surface area contributed by atoms with Crippen molar-refractivity contribution in [2.45, 2.75) is 37.8 Å². The van der Waals surface area contributed by atoms with Crippen LogP contribution in [0.25, 0.3) is 0 Å². The molecule has 7 nitrogen and oxygen atoms in total. The summed E-state index contributed by atoms with van der Waals surface area (Å²) in [5.41, 5.74) is 0.537. The van der Waals surface area contributed by atoms with Crippen LogP contribution < -0.4 is 15.5 Å². The van der Waals surface area contributed by atoms with E-state index in [4.69, 9.17) is 0 Å². The Morgan fingerprint density at radius 1 is 1.56 bits per heavy atom. The van der Waals surface area contributed by atoms with Gasteiger partial charge in [0.1, 0.15) is 0 Å². The van der Waals surface area contributed by atoms with E-state index in [1.165, 1.54) is 5.69 Å². The molecule has 8 heteroatoms. The highest BCUT2D eigenvalue weighted by molar-refractivity contribution is 7.99. The summed E-state index contributed by atoms with van der Waals surface area (Å²) >= 11 is 1.81. The second kappa shape index (κ2) is 8.31. The first-order valence-corrected chi connectivity index (χ1v) is 10.3. The quantitative estimate of drug-likeness (QED) is 0.529. The minimum Gasteiger partial charge on any atom is -0.387 e. The molecule has 1 aromatic heterocycles. The molecule has 2 fully saturated rings. The number of aliphatic hydroxyl groups is 1. The first kappa shape index (κ1) is 18.4. The number of guanidine groups is 1. The molecule has 1 aromatic rings. The van der Waals surface area contributed by atoms with Gasteiger partial charge in [-0.2, -0.15) is 16.9 Å². The molecule has 0 aliphatic carbocycles. The monoisotopic (exact) mass is 366 g/mol. The molecule has 0 saturated carbocycles. The molecule has 140 valence electrons. The largest absolute Gasteiger partial charge is 0.387 e. The van der Waals surface area contributed by atoms with Gasteiger partial charge in [-0.3, -0.25) is 9.67 Å². The number of hydrogen-bond donors (Lipinski definition) is 3. The van der Waals surface area contributed by atoms with Gasteiger partial charge in [-0.1, -0.05) is 0 Å².